The number of thiophene rings is 1. The molecule has 1 aromatic carbocycles. The Labute approximate surface area is 137 Å². The molecule has 0 saturated heterocycles. The van der Waals surface area contributed by atoms with Crippen LogP contribution in [0.1, 0.15) is 10.4 Å². The molecule has 5 heteroatoms. The van der Waals surface area contributed by atoms with Crippen LogP contribution in [0.3, 0.4) is 0 Å². The second-order valence-electron chi connectivity index (χ2n) is 5.10. The number of nitrogens with zero attached hydrogens (tertiary/aromatic N) is 2. The van der Waals surface area contributed by atoms with Gasteiger partial charge in [0.25, 0.3) is 5.91 Å². The Morgan fingerprint density at radius 3 is 2.78 bits per heavy atom. The Bertz CT molecular complexity index is 940. The topological polar surface area (TPSA) is 46.4 Å². The maximum atomic E-state index is 12.3. The number of para-hydroxylation sites is 1. The zero-order valence-corrected chi connectivity index (χ0v) is 13.0. The van der Waals surface area contributed by atoms with Crippen LogP contribution in [0.2, 0.25) is 0 Å². The average Bonchev–Trinajstić information content (AvgIpc) is 3.25. The molecule has 0 fully saturated rings. The Hall–Kier alpha value is -2.92. The molecule has 0 bridgehead atoms. The molecule has 4 aromatic rings. The molecule has 3 aromatic heterocycles. The molecule has 0 atom stereocenters. The number of anilines is 1. The smallest absolute Gasteiger partial charge is 0.256 e. The summed E-state index contributed by atoms with van der Waals surface area (Å²) in [6, 6.07) is 15.4. The molecule has 0 aliphatic carbocycles. The number of benzene rings is 1. The first-order valence-corrected chi connectivity index (χ1v) is 8.12. The quantitative estimate of drug-likeness (QED) is 0.611. The maximum absolute atomic E-state index is 12.3. The summed E-state index contributed by atoms with van der Waals surface area (Å²) in [5.41, 5.74) is 4.03. The standard InChI is InChI=1S/C18H13N3OS/c22-18(13-8-10-23-12-13)20-15-6-2-1-5-14(15)16-11-21-9-4-3-7-17(21)19-16/h1-12H,(H,20,22). The van der Waals surface area contributed by atoms with Crippen molar-refractivity contribution in [3.63, 3.8) is 0 Å². The third-order valence-corrected chi connectivity index (χ3v) is 4.28. The molecule has 0 aliphatic heterocycles. The van der Waals surface area contributed by atoms with Gasteiger partial charge in [0, 0.05) is 23.3 Å². The number of rotatable bonds is 3. The first kappa shape index (κ1) is 13.7. The van der Waals surface area contributed by atoms with Gasteiger partial charge in [-0.1, -0.05) is 24.3 Å². The van der Waals surface area contributed by atoms with Crippen molar-refractivity contribution in [2.24, 2.45) is 0 Å². The number of hydrogen-bond acceptors (Lipinski definition) is 3. The summed E-state index contributed by atoms with van der Waals surface area (Å²) >= 11 is 1.51. The van der Waals surface area contributed by atoms with Gasteiger partial charge in [0.1, 0.15) is 5.65 Å². The summed E-state index contributed by atoms with van der Waals surface area (Å²) in [4.78, 5) is 16.9. The van der Waals surface area contributed by atoms with Crippen molar-refractivity contribution in [1.29, 1.82) is 0 Å². The monoisotopic (exact) mass is 319 g/mol. The Balaban J connectivity index is 1.73. The van der Waals surface area contributed by atoms with Crippen LogP contribution < -0.4 is 5.32 Å². The number of aromatic nitrogens is 2. The van der Waals surface area contributed by atoms with Crippen molar-refractivity contribution < 1.29 is 4.79 Å². The zero-order chi connectivity index (χ0) is 15.6. The molecular formula is C18H13N3OS. The van der Waals surface area contributed by atoms with E-state index in [1.54, 1.807) is 0 Å². The fourth-order valence-corrected chi connectivity index (χ4v) is 3.10. The van der Waals surface area contributed by atoms with Crippen LogP contribution in [0.5, 0.6) is 0 Å². The van der Waals surface area contributed by atoms with E-state index in [1.807, 2.05) is 76.1 Å². The molecule has 0 radical (unpaired) electrons. The summed E-state index contributed by atoms with van der Waals surface area (Å²) in [5, 5.41) is 6.70. The van der Waals surface area contributed by atoms with Gasteiger partial charge < -0.3 is 9.72 Å². The Kier molecular flexibility index (Phi) is 3.40. The number of hydrogen-bond donors (Lipinski definition) is 1. The maximum Gasteiger partial charge on any atom is 0.256 e. The van der Waals surface area contributed by atoms with E-state index in [4.69, 9.17) is 0 Å². The fraction of sp³-hybridized carbons (Fsp3) is 0. The largest absolute Gasteiger partial charge is 0.321 e. The fourth-order valence-electron chi connectivity index (χ4n) is 2.47. The molecule has 112 valence electrons. The summed E-state index contributed by atoms with van der Waals surface area (Å²) < 4.78 is 1.97. The summed E-state index contributed by atoms with van der Waals surface area (Å²) in [5.74, 6) is -0.109. The number of imidazole rings is 1. The summed E-state index contributed by atoms with van der Waals surface area (Å²) in [6.45, 7) is 0. The molecule has 4 rings (SSSR count). The predicted octanol–water partition coefficient (Wildman–Crippen LogP) is 4.32. The van der Waals surface area contributed by atoms with Crippen molar-refractivity contribution in [2.75, 3.05) is 5.32 Å². The van der Waals surface area contributed by atoms with Crippen molar-refractivity contribution in [3.05, 3.63) is 77.2 Å². The molecule has 1 N–H and O–H groups in total. The highest BCUT2D eigenvalue weighted by molar-refractivity contribution is 7.08. The molecule has 1 amide bonds. The van der Waals surface area contributed by atoms with Crippen molar-refractivity contribution in [2.45, 2.75) is 0 Å². The predicted molar refractivity (Wildman–Crippen MR) is 92.9 cm³/mol. The van der Waals surface area contributed by atoms with Gasteiger partial charge >= 0.3 is 0 Å². The number of carbonyl (C=O) groups is 1. The molecule has 3 heterocycles. The highest BCUT2D eigenvalue weighted by atomic mass is 32.1. The molecule has 4 nitrogen and oxygen atoms in total. The molecule has 0 spiro atoms. The van der Waals surface area contributed by atoms with Crippen LogP contribution in [-0.2, 0) is 0 Å². The lowest BCUT2D eigenvalue weighted by atomic mass is 10.1. The van der Waals surface area contributed by atoms with Gasteiger partial charge in [-0.15, -0.1) is 0 Å². The van der Waals surface area contributed by atoms with E-state index in [0.717, 1.165) is 22.6 Å². The van der Waals surface area contributed by atoms with Crippen LogP contribution in [0.25, 0.3) is 16.9 Å². The third kappa shape index (κ3) is 2.62. The number of carbonyl (C=O) groups excluding carboxylic acids is 1. The van der Waals surface area contributed by atoms with Crippen molar-refractivity contribution >= 4 is 28.6 Å². The van der Waals surface area contributed by atoms with Crippen LogP contribution in [-0.4, -0.2) is 15.3 Å². The van der Waals surface area contributed by atoms with Crippen LogP contribution >= 0.6 is 11.3 Å². The second-order valence-corrected chi connectivity index (χ2v) is 5.88. The van der Waals surface area contributed by atoms with E-state index in [-0.39, 0.29) is 5.91 Å². The summed E-state index contributed by atoms with van der Waals surface area (Å²) in [6.07, 6.45) is 3.92. The molecule has 23 heavy (non-hydrogen) atoms. The first-order chi connectivity index (χ1) is 11.3. The zero-order valence-electron chi connectivity index (χ0n) is 12.1. The van der Waals surface area contributed by atoms with Crippen molar-refractivity contribution in [1.82, 2.24) is 9.38 Å². The number of nitrogens with one attached hydrogen (secondary N) is 1. The SMILES string of the molecule is O=C(Nc1ccccc1-c1cn2ccccc2n1)c1ccsc1. The first-order valence-electron chi connectivity index (χ1n) is 7.18. The summed E-state index contributed by atoms with van der Waals surface area (Å²) in [7, 11) is 0. The van der Waals surface area contributed by atoms with E-state index in [2.05, 4.69) is 10.3 Å². The van der Waals surface area contributed by atoms with E-state index >= 15 is 0 Å². The van der Waals surface area contributed by atoms with Gasteiger partial charge in [-0.2, -0.15) is 11.3 Å². The number of fused-ring (bicyclic) bond motifs is 1. The lowest BCUT2D eigenvalue weighted by Crippen LogP contribution is -2.11. The van der Waals surface area contributed by atoms with Gasteiger partial charge in [-0.25, -0.2) is 4.98 Å². The molecule has 0 unspecified atom stereocenters. The van der Waals surface area contributed by atoms with Crippen LogP contribution in [0, 0.1) is 0 Å². The minimum absolute atomic E-state index is 0.109. The van der Waals surface area contributed by atoms with E-state index < -0.39 is 0 Å². The lowest BCUT2D eigenvalue weighted by Gasteiger charge is -2.08. The van der Waals surface area contributed by atoms with Crippen molar-refractivity contribution in [3.8, 4) is 11.3 Å². The Morgan fingerprint density at radius 2 is 1.96 bits per heavy atom. The van der Waals surface area contributed by atoms with Gasteiger partial charge in [0.2, 0.25) is 0 Å². The number of pyridine rings is 1. The Morgan fingerprint density at radius 1 is 1.09 bits per heavy atom. The normalized spacial score (nSPS) is 10.8. The number of amides is 1. The van der Waals surface area contributed by atoms with E-state index in [0.29, 0.717) is 5.56 Å². The van der Waals surface area contributed by atoms with E-state index in [9.17, 15) is 4.79 Å². The van der Waals surface area contributed by atoms with E-state index in [1.165, 1.54) is 11.3 Å². The third-order valence-electron chi connectivity index (χ3n) is 3.60. The molecule has 0 aliphatic rings. The molecule has 0 saturated carbocycles. The molecular weight excluding hydrogens is 306 g/mol. The average molecular weight is 319 g/mol. The van der Waals surface area contributed by atoms with Gasteiger partial charge in [-0.05, 0) is 29.6 Å². The highest BCUT2D eigenvalue weighted by Crippen LogP contribution is 2.27. The van der Waals surface area contributed by atoms with Gasteiger partial charge in [-0.3, -0.25) is 4.79 Å². The van der Waals surface area contributed by atoms with Crippen LogP contribution in [0.4, 0.5) is 5.69 Å². The van der Waals surface area contributed by atoms with Crippen LogP contribution in [0.15, 0.2) is 71.7 Å². The highest BCUT2D eigenvalue weighted by Gasteiger charge is 2.12. The van der Waals surface area contributed by atoms with Gasteiger partial charge in [0.05, 0.1) is 16.9 Å². The van der Waals surface area contributed by atoms with Gasteiger partial charge in [0.15, 0.2) is 0 Å². The minimum Gasteiger partial charge on any atom is -0.321 e. The minimum atomic E-state index is -0.109. The lowest BCUT2D eigenvalue weighted by molar-refractivity contribution is 0.102. The second kappa shape index (κ2) is 5.70.